The van der Waals surface area contributed by atoms with Crippen LogP contribution in [0.5, 0.6) is 0 Å². The first-order chi connectivity index (χ1) is 8.24. The van der Waals surface area contributed by atoms with Gasteiger partial charge in [0.25, 0.3) is 0 Å². The fourth-order valence-corrected chi connectivity index (χ4v) is 2.77. The molecule has 1 atom stereocenters. The van der Waals surface area contributed by atoms with Gasteiger partial charge in [-0.2, -0.15) is 0 Å². The topological polar surface area (TPSA) is 41.7 Å². The predicted molar refractivity (Wildman–Crippen MR) is 73.3 cm³/mol. The van der Waals surface area contributed by atoms with Gasteiger partial charge in [0.2, 0.25) is 0 Å². The molecule has 17 heavy (non-hydrogen) atoms. The zero-order valence-corrected chi connectivity index (χ0v) is 11.3. The molecule has 0 amide bonds. The number of hydrogen-bond acceptors (Lipinski definition) is 4. The molecule has 2 aliphatic heterocycles. The molecule has 4 nitrogen and oxygen atoms in total. The van der Waals surface area contributed by atoms with Crippen molar-refractivity contribution in [3.8, 4) is 0 Å². The molecule has 0 radical (unpaired) electrons. The van der Waals surface area contributed by atoms with E-state index in [1.807, 2.05) is 0 Å². The Hall–Kier alpha value is -0.230. The van der Waals surface area contributed by atoms with Crippen LogP contribution in [-0.2, 0) is 4.74 Å². The highest BCUT2D eigenvalue weighted by Crippen LogP contribution is 2.16. The molecule has 0 aromatic heterocycles. The van der Waals surface area contributed by atoms with E-state index < -0.39 is 0 Å². The van der Waals surface area contributed by atoms with Gasteiger partial charge in [-0.15, -0.1) is 0 Å². The second-order valence-electron chi connectivity index (χ2n) is 5.01. The van der Waals surface area contributed by atoms with Crippen LogP contribution in [0.3, 0.4) is 0 Å². The lowest BCUT2D eigenvalue weighted by Gasteiger charge is -2.34. The molecule has 0 aromatic carbocycles. The minimum Gasteiger partial charge on any atom is -0.392 e. The van der Waals surface area contributed by atoms with Gasteiger partial charge in [-0.25, -0.2) is 0 Å². The number of hydrogen-bond donors (Lipinski definition) is 1. The molecule has 2 N–H and O–H groups in total. The van der Waals surface area contributed by atoms with Gasteiger partial charge in [0.15, 0.2) is 0 Å². The van der Waals surface area contributed by atoms with Gasteiger partial charge >= 0.3 is 0 Å². The summed E-state index contributed by atoms with van der Waals surface area (Å²) in [4.78, 5) is 5.47. The van der Waals surface area contributed by atoms with E-state index in [4.69, 9.17) is 22.7 Å². The van der Waals surface area contributed by atoms with Crippen molar-refractivity contribution in [3.05, 3.63) is 0 Å². The summed E-state index contributed by atoms with van der Waals surface area (Å²) in [7, 11) is 0. The Balaban J connectivity index is 1.60. The molecule has 98 valence electrons. The summed E-state index contributed by atoms with van der Waals surface area (Å²) < 4.78 is 5.65. The lowest BCUT2D eigenvalue weighted by atomic mass is 10.1. The van der Waals surface area contributed by atoms with E-state index in [-0.39, 0.29) is 0 Å². The van der Waals surface area contributed by atoms with Crippen LogP contribution in [0.15, 0.2) is 0 Å². The van der Waals surface area contributed by atoms with Crippen molar-refractivity contribution in [1.82, 2.24) is 9.80 Å². The van der Waals surface area contributed by atoms with E-state index in [0.29, 0.717) is 11.1 Å². The second-order valence-corrected chi connectivity index (χ2v) is 5.53. The average Bonchev–Trinajstić information content (AvgIpc) is 2.80. The molecule has 0 aliphatic carbocycles. The van der Waals surface area contributed by atoms with Gasteiger partial charge < -0.3 is 15.4 Å². The van der Waals surface area contributed by atoms with Crippen molar-refractivity contribution in [1.29, 1.82) is 0 Å². The van der Waals surface area contributed by atoms with Crippen LogP contribution in [0.2, 0.25) is 0 Å². The van der Waals surface area contributed by atoms with E-state index >= 15 is 0 Å². The molecular formula is C12H23N3OS. The third kappa shape index (κ3) is 4.50. The van der Waals surface area contributed by atoms with Crippen molar-refractivity contribution in [2.24, 2.45) is 5.73 Å². The molecule has 2 saturated heterocycles. The van der Waals surface area contributed by atoms with Crippen LogP contribution in [0.4, 0.5) is 0 Å². The molecular weight excluding hydrogens is 234 g/mol. The number of nitrogens with two attached hydrogens (primary N) is 1. The first kappa shape index (κ1) is 13.2. The van der Waals surface area contributed by atoms with Gasteiger partial charge in [0.05, 0.1) is 11.1 Å². The van der Waals surface area contributed by atoms with E-state index in [9.17, 15) is 0 Å². The van der Waals surface area contributed by atoms with Crippen molar-refractivity contribution < 1.29 is 4.74 Å². The number of piperazine rings is 1. The Morgan fingerprint density at radius 2 is 1.94 bits per heavy atom. The summed E-state index contributed by atoms with van der Waals surface area (Å²) in [6.07, 6.45) is 4.20. The molecule has 0 saturated carbocycles. The van der Waals surface area contributed by atoms with Crippen LogP contribution >= 0.6 is 12.2 Å². The van der Waals surface area contributed by atoms with Gasteiger partial charge in [0, 0.05) is 45.9 Å². The average molecular weight is 257 g/mol. The molecule has 2 rings (SSSR count). The Bertz CT molecular complexity index is 248. The van der Waals surface area contributed by atoms with Gasteiger partial charge in [-0.05, 0) is 19.3 Å². The summed E-state index contributed by atoms with van der Waals surface area (Å²) in [5.74, 6) is 0. The first-order valence-electron chi connectivity index (χ1n) is 6.58. The van der Waals surface area contributed by atoms with E-state index in [1.165, 1.54) is 25.8 Å². The highest BCUT2D eigenvalue weighted by Gasteiger charge is 2.20. The summed E-state index contributed by atoms with van der Waals surface area (Å²) >= 11 is 4.94. The van der Waals surface area contributed by atoms with Gasteiger partial charge in [-0.1, -0.05) is 12.2 Å². The monoisotopic (exact) mass is 257 g/mol. The minimum absolute atomic E-state index is 0.518. The maximum absolute atomic E-state index is 5.65. The summed E-state index contributed by atoms with van der Waals surface area (Å²) in [6.45, 7) is 7.35. The minimum atomic E-state index is 0.518. The standard InChI is InChI=1S/C12H23N3OS/c13-12(17)10-15-7-5-14(6-8-15)4-3-11-2-1-9-16-11/h11H,1-10H2,(H2,13,17). The van der Waals surface area contributed by atoms with Crippen molar-refractivity contribution >= 4 is 17.2 Å². The summed E-state index contributed by atoms with van der Waals surface area (Å²) in [6, 6.07) is 0. The molecule has 1 unspecified atom stereocenters. The van der Waals surface area contributed by atoms with E-state index in [2.05, 4.69) is 9.80 Å². The molecule has 2 aliphatic rings. The maximum atomic E-state index is 5.65. The maximum Gasteiger partial charge on any atom is 0.0870 e. The van der Waals surface area contributed by atoms with E-state index in [1.54, 1.807) is 0 Å². The van der Waals surface area contributed by atoms with Crippen molar-refractivity contribution in [3.63, 3.8) is 0 Å². The van der Waals surface area contributed by atoms with Crippen LogP contribution < -0.4 is 5.73 Å². The van der Waals surface area contributed by atoms with E-state index in [0.717, 1.165) is 39.3 Å². The van der Waals surface area contributed by atoms with Crippen LogP contribution in [-0.4, -0.2) is 66.8 Å². The molecule has 0 bridgehead atoms. The van der Waals surface area contributed by atoms with Crippen molar-refractivity contribution in [2.75, 3.05) is 45.9 Å². The molecule has 5 heteroatoms. The highest BCUT2D eigenvalue weighted by atomic mass is 32.1. The number of ether oxygens (including phenoxy) is 1. The molecule has 0 aromatic rings. The van der Waals surface area contributed by atoms with Gasteiger partial charge in [0.1, 0.15) is 0 Å². The quantitative estimate of drug-likeness (QED) is 0.725. The fourth-order valence-electron chi connectivity index (χ4n) is 2.59. The van der Waals surface area contributed by atoms with Gasteiger partial charge in [-0.3, -0.25) is 4.90 Å². The lowest BCUT2D eigenvalue weighted by Crippen LogP contribution is -2.48. The lowest BCUT2D eigenvalue weighted by molar-refractivity contribution is 0.0802. The SMILES string of the molecule is NC(=S)CN1CCN(CCC2CCCO2)CC1. The number of nitrogens with zero attached hydrogens (tertiary/aromatic N) is 2. The molecule has 0 spiro atoms. The summed E-state index contributed by atoms with van der Waals surface area (Å²) in [5, 5.41) is 0. The molecule has 2 heterocycles. The fraction of sp³-hybridized carbons (Fsp3) is 0.917. The zero-order chi connectivity index (χ0) is 12.1. The largest absolute Gasteiger partial charge is 0.392 e. The zero-order valence-electron chi connectivity index (χ0n) is 10.4. The number of thiocarbonyl (C=S) groups is 1. The van der Waals surface area contributed by atoms with Crippen LogP contribution in [0, 0.1) is 0 Å². The Labute approximate surface area is 109 Å². The Morgan fingerprint density at radius 1 is 1.24 bits per heavy atom. The van der Waals surface area contributed by atoms with Crippen LogP contribution in [0.25, 0.3) is 0 Å². The summed E-state index contributed by atoms with van der Waals surface area (Å²) in [5.41, 5.74) is 5.56. The highest BCUT2D eigenvalue weighted by molar-refractivity contribution is 7.80. The normalized spacial score (nSPS) is 27.4. The smallest absolute Gasteiger partial charge is 0.0870 e. The third-order valence-electron chi connectivity index (χ3n) is 3.64. The number of rotatable bonds is 5. The van der Waals surface area contributed by atoms with Crippen molar-refractivity contribution in [2.45, 2.75) is 25.4 Å². The second kappa shape index (κ2) is 6.64. The van der Waals surface area contributed by atoms with Crippen LogP contribution in [0.1, 0.15) is 19.3 Å². The Kier molecular flexibility index (Phi) is 5.16. The Morgan fingerprint density at radius 3 is 2.53 bits per heavy atom. The predicted octanol–water partition coefficient (Wildman–Crippen LogP) is 0.459. The molecule has 2 fully saturated rings. The third-order valence-corrected chi connectivity index (χ3v) is 3.76. The first-order valence-corrected chi connectivity index (χ1v) is 6.99.